The number of carbonyl (C=O) groups is 1. The number of nitrogens with one attached hydrogen (secondary N) is 2. The number of amides is 2. The van der Waals surface area contributed by atoms with Crippen LogP contribution in [-0.4, -0.2) is 33.6 Å². The summed E-state index contributed by atoms with van der Waals surface area (Å²) in [6.07, 6.45) is 0.965. The molecule has 4 rings (SSSR count). The summed E-state index contributed by atoms with van der Waals surface area (Å²) < 4.78 is 14.7. The number of benzene rings is 1. The third-order valence-corrected chi connectivity index (χ3v) is 5.88. The number of hydrogen-bond acceptors (Lipinski definition) is 4. The molecule has 1 aliphatic heterocycles. The summed E-state index contributed by atoms with van der Waals surface area (Å²) in [4.78, 5) is 42.9. The molecule has 1 aliphatic rings. The van der Waals surface area contributed by atoms with Crippen LogP contribution in [-0.2, 0) is 6.54 Å². The van der Waals surface area contributed by atoms with Gasteiger partial charge in [0.2, 0.25) is 0 Å². The number of carbonyl (C=O) groups excluding carboxylic acids is 1. The second kappa shape index (κ2) is 7.59. The van der Waals surface area contributed by atoms with Crippen LogP contribution in [0.4, 0.5) is 9.18 Å². The van der Waals surface area contributed by atoms with Crippen LogP contribution >= 0.6 is 11.3 Å². The van der Waals surface area contributed by atoms with Gasteiger partial charge < -0.3 is 15.2 Å². The van der Waals surface area contributed by atoms with Gasteiger partial charge in [0.1, 0.15) is 5.82 Å². The smallest absolute Gasteiger partial charge is 0.329 e. The third kappa shape index (κ3) is 3.57. The molecule has 1 fully saturated rings. The first kappa shape index (κ1) is 18.4. The number of thiophene rings is 1. The highest BCUT2D eigenvalue weighted by Gasteiger charge is 2.26. The fourth-order valence-electron chi connectivity index (χ4n) is 3.55. The molecule has 0 radical (unpaired) electrons. The minimum Gasteiger partial charge on any atom is -0.333 e. The largest absolute Gasteiger partial charge is 0.333 e. The van der Waals surface area contributed by atoms with Crippen molar-refractivity contribution in [2.45, 2.75) is 25.4 Å². The Labute approximate surface area is 163 Å². The molecule has 3 aromatic rings. The number of aromatic amines is 1. The Balaban J connectivity index is 1.47. The lowest BCUT2D eigenvalue weighted by Crippen LogP contribution is -2.47. The lowest BCUT2D eigenvalue weighted by atomic mass is 10.0. The number of piperidine rings is 1. The third-order valence-electron chi connectivity index (χ3n) is 5.00. The van der Waals surface area contributed by atoms with E-state index < -0.39 is 17.1 Å². The molecule has 1 saturated heterocycles. The number of H-pyrrole nitrogens is 1. The van der Waals surface area contributed by atoms with Gasteiger partial charge in [0.05, 0.1) is 17.4 Å². The van der Waals surface area contributed by atoms with Crippen molar-refractivity contribution >= 4 is 28.3 Å². The van der Waals surface area contributed by atoms with E-state index in [1.165, 1.54) is 12.1 Å². The Morgan fingerprint density at radius 2 is 2.04 bits per heavy atom. The van der Waals surface area contributed by atoms with E-state index in [1.807, 2.05) is 17.5 Å². The van der Waals surface area contributed by atoms with Crippen molar-refractivity contribution in [2.24, 2.45) is 0 Å². The summed E-state index contributed by atoms with van der Waals surface area (Å²) in [5, 5.41) is 4.99. The highest BCUT2D eigenvalue weighted by molar-refractivity contribution is 7.09. The van der Waals surface area contributed by atoms with Crippen LogP contribution in [0.15, 0.2) is 45.3 Å². The fraction of sp³-hybridized carbons (Fsp3) is 0.316. The van der Waals surface area contributed by atoms with Gasteiger partial charge in [-0.15, -0.1) is 11.3 Å². The summed E-state index contributed by atoms with van der Waals surface area (Å²) in [6.45, 7) is 1.35. The summed E-state index contributed by atoms with van der Waals surface area (Å²) in [6, 6.07) is 7.13. The van der Waals surface area contributed by atoms with Crippen LogP contribution in [0, 0.1) is 5.82 Å². The molecule has 0 saturated carbocycles. The van der Waals surface area contributed by atoms with Gasteiger partial charge in [0.15, 0.2) is 0 Å². The molecule has 0 spiro atoms. The lowest BCUT2D eigenvalue weighted by Gasteiger charge is -2.32. The molecule has 1 aromatic carbocycles. The molecule has 0 bridgehead atoms. The van der Waals surface area contributed by atoms with Crippen molar-refractivity contribution in [1.29, 1.82) is 0 Å². The molecule has 7 nitrogen and oxygen atoms in total. The summed E-state index contributed by atoms with van der Waals surface area (Å²) in [5.41, 5.74) is -0.693. The SMILES string of the molecule is O=C(NCc1cccs1)N1CCC(n2c(=O)[nH]c3ccc(F)cc3c2=O)CC1. The topological polar surface area (TPSA) is 87.2 Å². The molecule has 2 amide bonds. The standard InChI is InChI=1S/C19H19FN4O3S/c20-12-3-4-16-15(10-12)17(25)24(19(27)22-16)13-5-7-23(8-6-13)18(26)21-11-14-2-1-9-28-14/h1-4,9-10,13H,5-8,11H2,(H,21,26)(H,22,27). The van der Waals surface area contributed by atoms with Gasteiger partial charge in [-0.25, -0.2) is 14.0 Å². The number of aromatic nitrogens is 2. The van der Waals surface area contributed by atoms with Crippen molar-refractivity contribution < 1.29 is 9.18 Å². The van der Waals surface area contributed by atoms with Crippen molar-refractivity contribution in [1.82, 2.24) is 19.8 Å². The average Bonchev–Trinajstić information content (AvgIpc) is 3.21. The predicted octanol–water partition coefficient (Wildman–Crippen LogP) is 2.44. The van der Waals surface area contributed by atoms with Crippen molar-refractivity contribution in [3.8, 4) is 0 Å². The van der Waals surface area contributed by atoms with Crippen LogP contribution in [0.2, 0.25) is 0 Å². The van der Waals surface area contributed by atoms with Crippen LogP contribution < -0.4 is 16.6 Å². The van der Waals surface area contributed by atoms with Crippen LogP contribution in [0.25, 0.3) is 10.9 Å². The first-order chi connectivity index (χ1) is 13.5. The van der Waals surface area contributed by atoms with E-state index in [0.717, 1.165) is 15.5 Å². The molecule has 0 aliphatic carbocycles. The Hall–Kier alpha value is -2.94. The van der Waals surface area contributed by atoms with Crippen molar-refractivity contribution in [3.05, 3.63) is 67.2 Å². The van der Waals surface area contributed by atoms with Gasteiger partial charge in [-0.1, -0.05) is 6.07 Å². The molecule has 9 heteroatoms. The molecule has 0 atom stereocenters. The van der Waals surface area contributed by atoms with Crippen molar-refractivity contribution in [3.63, 3.8) is 0 Å². The first-order valence-electron chi connectivity index (χ1n) is 9.02. The first-order valence-corrected chi connectivity index (χ1v) is 9.90. The zero-order valence-corrected chi connectivity index (χ0v) is 15.8. The maximum Gasteiger partial charge on any atom is 0.329 e. The van der Waals surface area contributed by atoms with Gasteiger partial charge >= 0.3 is 11.7 Å². The molecular weight excluding hydrogens is 383 g/mol. The Morgan fingerprint density at radius 1 is 1.25 bits per heavy atom. The zero-order valence-electron chi connectivity index (χ0n) is 15.0. The van der Waals surface area contributed by atoms with Gasteiger partial charge in [-0.05, 0) is 42.5 Å². The van der Waals surface area contributed by atoms with Crippen LogP contribution in [0.3, 0.4) is 0 Å². The van der Waals surface area contributed by atoms with Gasteiger partial charge in [-0.2, -0.15) is 0 Å². The van der Waals surface area contributed by atoms with Gasteiger partial charge in [0.25, 0.3) is 5.56 Å². The lowest BCUT2D eigenvalue weighted by molar-refractivity contribution is 0.169. The summed E-state index contributed by atoms with van der Waals surface area (Å²) in [5.74, 6) is -0.527. The molecule has 0 unspecified atom stereocenters. The molecular formula is C19H19FN4O3S. The van der Waals surface area contributed by atoms with Gasteiger partial charge in [-0.3, -0.25) is 9.36 Å². The van der Waals surface area contributed by atoms with Gasteiger partial charge in [0, 0.05) is 24.0 Å². The maximum absolute atomic E-state index is 13.5. The van der Waals surface area contributed by atoms with E-state index in [-0.39, 0.29) is 17.5 Å². The van der Waals surface area contributed by atoms with E-state index in [1.54, 1.807) is 16.2 Å². The number of nitrogens with zero attached hydrogens (tertiary/aromatic N) is 2. The minimum atomic E-state index is -0.527. The summed E-state index contributed by atoms with van der Waals surface area (Å²) in [7, 11) is 0. The highest BCUT2D eigenvalue weighted by atomic mass is 32.1. The predicted molar refractivity (Wildman–Crippen MR) is 105 cm³/mol. The molecule has 146 valence electrons. The average molecular weight is 402 g/mol. The molecule has 2 N–H and O–H groups in total. The zero-order chi connectivity index (χ0) is 19.7. The van der Waals surface area contributed by atoms with E-state index in [0.29, 0.717) is 38.0 Å². The number of urea groups is 1. The number of rotatable bonds is 3. The number of likely N-dealkylation sites (tertiary alicyclic amines) is 1. The highest BCUT2D eigenvalue weighted by Crippen LogP contribution is 2.21. The maximum atomic E-state index is 13.5. The quantitative estimate of drug-likeness (QED) is 0.705. The second-order valence-electron chi connectivity index (χ2n) is 6.75. The van der Waals surface area contributed by atoms with Crippen LogP contribution in [0.1, 0.15) is 23.8 Å². The second-order valence-corrected chi connectivity index (χ2v) is 7.78. The monoisotopic (exact) mass is 402 g/mol. The minimum absolute atomic E-state index is 0.149. The summed E-state index contributed by atoms with van der Waals surface area (Å²) >= 11 is 1.58. The molecule has 3 heterocycles. The van der Waals surface area contributed by atoms with E-state index in [2.05, 4.69) is 10.3 Å². The van der Waals surface area contributed by atoms with Crippen LogP contribution in [0.5, 0.6) is 0 Å². The van der Waals surface area contributed by atoms with E-state index >= 15 is 0 Å². The number of fused-ring (bicyclic) bond motifs is 1. The number of hydrogen-bond donors (Lipinski definition) is 2. The Kier molecular flexibility index (Phi) is 4.99. The Morgan fingerprint density at radius 3 is 2.75 bits per heavy atom. The van der Waals surface area contributed by atoms with E-state index in [4.69, 9.17) is 0 Å². The number of halogens is 1. The van der Waals surface area contributed by atoms with E-state index in [9.17, 15) is 18.8 Å². The fourth-order valence-corrected chi connectivity index (χ4v) is 4.19. The van der Waals surface area contributed by atoms with Crippen molar-refractivity contribution in [2.75, 3.05) is 13.1 Å². The molecule has 28 heavy (non-hydrogen) atoms. The molecule has 2 aromatic heterocycles. The normalized spacial score (nSPS) is 15.1. The Bertz CT molecular complexity index is 1110.